The molecule has 0 saturated carbocycles. The molecule has 0 heterocycles. The third kappa shape index (κ3) is 8.88. The van der Waals surface area contributed by atoms with E-state index in [2.05, 4.69) is 16.7 Å². The van der Waals surface area contributed by atoms with E-state index in [-0.39, 0.29) is 35.7 Å². The smallest absolute Gasteiger partial charge is 0.238 e. The first-order valence-electron chi connectivity index (χ1n) is 8.52. The fraction of sp³-hybridized carbons (Fsp3) is 0.526. The highest BCUT2D eigenvalue weighted by Gasteiger charge is 2.17. The Morgan fingerprint density at radius 3 is 2.46 bits per heavy atom. The number of nitriles is 1. The molecule has 6 nitrogen and oxygen atoms in total. The van der Waals surface area contributed by atoms with E-state index in [1.54, 1.807) is 23.7 Å². The lowest BCUT2D eigenvalue weighted by Crippen LogP contribution is -2.46. The standard InChI is InChI=1S/C19H28N4O2S/c1-14(10-11-20)26-16-9-7-6-8-15(16)21-17(24)12-23(5)13-18(25)22-19(2,3)4/h6-9,14H,10,12-13H2,1-5H3,(H,21,24)(H,22,25). The van der Waals surface area contributed by atoms with E-state index in [9.17, 15) is 9.59 Å². The monoisotopic (exact) mass is 376 g/mol. The Balaban J connectivity index is 2.60. The third-order valence-corrected chi connectivity index (χ3v) is 4.39. The molecule has 1 atom stereocenters. The van der Waals surface area contributed by atoms with E-state index in [1.807, 2.05) is 52.0 Å². The van der Waals surface area contributed by atoms with Gasteiger partial charge in [-0.05, 0) is 40.0 Å². The Morgan fingerprint density at radius 1 is 1.23 bits per heavy atom. The van der Waals surface area contributed by atoms with Crippen LogP contribution >= 0.6 is 11.8 Å². The Morgan fingerprint density at radius 2 is 1.85 bits per heavy atom. The number of rotatable bonds is 8. The first-order chi connectivity index (χ1) is 12.1. The second-order valence-electron chi connectivity index (χ2n) is 7.31. The average Bonchev–Trinajstić information content (AvgIpc) is 2.47. The number of likely N-dealkylation sites (N-methyl/N-ethyl adjacent to an activating group) is 1. The van der Waals surface area contributed by atoms with Gasteiger partial charge in [0.2, 0.25) is 11.8 Å². The molecule has 0 aliphatic carbocycles. The van der Waals surface area contributed by atoms with E-state index in [0.717, 1.165) is 10.6 Å². The zero-order valence-corrected chi connectivity index (χ0v) is 16.9. The Labute approximate surface area is 160 Å². The van der Waals surface area contributed by atoms with Gasteiger partial charge in [0.1, 0.15) is 0 Å². The van der Waals surface area contributed by atoms with Crippen molar-refractivity contribution < 1.29 is 9.59 Å². The van der Waals surface area contributed by atoms with Gasteiger partial charge in [-0.2, -0.15) is 5.26 Å². The Kier molecular flexibility index (Phi) is 8.62. The number of amides is 2. The highest BCUT2D eigenvalue weighted by molar-refractivity contribution is 8.00. The number of thioether (sulfide) groups is 1. The number of nitrogens with one attached hydrogen (secondary N) is 2. The molecule has 0 saturated heterocycles. The lowest BCUT2D eigenvalue weighted by atomic mass is 10.1. The fourth-order valence-electron chi connectivity index (χ4n) is 2.25. The van der Waals surface area contributed by atoms with Gasteiger partial charge in [-0.15, -0.1) is 11.8 Å². The number of hydrogen-bond acceptors (Lipinski definition) is 5. The molecule has 1 rings (SSSR count). The van der Waals surface area contributed by atoms with Crippen LogP contribution in [0.1, 0.15) is 34.1 Å². The SMILES string of the molecule is CC(CC#N)Sc1ccccc1NC(=O)CN(C)CC(=O)NC(C)(C)C. The molecule has 0 aliphatic heterocycles. The van der Waals surface area contributed by atoms with Crippen LogP contribution in [0.5, 0.6) is 0 Å². The molecule has 26 heavy (non-hydrogen) atoms. The van der Waals surface area contributed by atoms with Gasteiger partial charge in [-0.25, -0.2) is 0 Å². The van der Waals surface area contributed by atoms with Crippen LogP contribution < -0.4 is 10.6 Å². The lowest BCUT2D eigenvalue weighted by molar-refractivity contribution is -0.124. The summed E-state index contributed by atoms with van der Waals surface area (Å²) in [6.07, 6.45) is 0.443. The van der Waals surface area contributed by atoms with E-state index in [4.69, 9.17) is 5.26 Å². The molecule has 0 spiro atoms. The molecule has 0 radical (unpaired) electrons. The summed E-state index contributed by atoms with van der Waals surface area (Å²) in [4.78, 5) is 26.8. The van der Waals surface area contributed by atoms with Gasteiger partial charge in [0, 0.05) is 22.1 Å². The first kappa shape index (κ1) is 22.0. The Bertz CT molecular complexity index is 664. The maximum atomic E-state index is 12.3. The molecule has 142 valence electrons. The van der Waals surface area contributed by atoms with Crippen LogP contribution in [-0.4, -0.2) is 47.6 Å². The van der Waals surface area contributed by atoms with Crippen LogP contribution in [0, 0.1) is 11.3 Å². The summed E-state index contributed by atoms with van der Waals surface area (Å²) in [6, 6.07) is 9.68. The minimum Gasteiger partial charge on any atom is -0.350 e. The zero-order chi connectivity index (χ0) is 19.7. The largest absolute Gasteiger partial charge is 0.350 e. The summed E-state index contributed by atoms with van der Waals surface area (Å²) >= 11 is 1.56. The van der Waals surface area contributed by atoms with E-state index in [1.165, 1.54) is 0 Å². The summed E-state index contributed by atoms with van der Waals surface area (Å²) in [5, 5.41) is 14.7. The molecule has 0 bridgehead atoms. The molecule has 0 aliphatic rings. The van der Waals surface area contributed by atoms with Crippen LogP contribution in [-0.2, 0) is 9.59 Å². The summed E-state index contributed by atoms with van der Waals surface area (Å²) in [6.45, 7) is 8.00. The fourth-order valence-corrected chi connectivity index (χ4v) is 3.25. The number of carbonyl (C=O) groups excluding carboxylic acids is 2. The number of anilines is 1. The van der Waals surface area contributed by atoms with Crippen LogP contribution in [0.25, 0.3) is 0 Å². The normalized spacial score (nSPS) is 12.3. The number of hydrogen-bond donors (Lipinski definition) is 2. The van der Waals surface area contributed by atoms with Gasteiger partial charge >= 0.3 is 0 Å². The molecule has 7 heteroatoms. The molecular weight excluding hydrogens is 348 g/mol. The van der Waals surface area contributed by atoms with Crippen molar-refractivity contribution in [2.75, 3.05) is 25.5 Å². The van der Waals surface area contributed by atoms with Crippen molar-refractivity contribution in [3.8, 4) is 6.07 Å². The topological polar surface area (TPSA) is 85.2 Å². The second kappa shape index (κ2) is 10.2. The molecule has 1 aromatic carbocycles. The zero-order valence-electron chi connectivity index (χ0n) is 16.1. The van der Waals surface area contributed by atoms with Gasteiger partial charge < -0.3 is 10.6 Å². The Hall–Kier alpha value is -2.04. The van der Waals surface area contributed by atoms with Crippen LogP contribution in [0.3, 0.4) is 0 Å². The van der Waals surface area contributed by atoms with Crippen LogP contribution in [0.4, 0.5) is 5.69 Å². The third-order valence-electron chi connectivity index (χ3n) is 3.21. The van der Waals surface area contributed by atoms with Gasteiger partial charge in [0.25, 0.3) is 0 Å². The van der Waals surface area contributed by atoms with Gasteiger partial charge in [0.05, 0.1) is 24.8 Å². The van der Waals surface area contributed by atoms with E-state index < -0.39 is 0 Å². The molecule has 2 N–H and O–H groups in total. The van der Waals surface area contributed by atoms with Gasteiger partial charge in [0.15, 0.2) is 0 Å². The minimum atomic E-state index is -0.295. The van der Waals surface area contributed by atoms with Crippen molar-refractivity contribution in [3.05, 3.63) is 24.3 Å². The minimum absolute atomic E-state index is 0.115. The molecule has 2 amide bonds. The molecule has 1 unspecified atom stereocenters. The van der Waals surface area contributed by atoms with Gasteiger partial charge in [-0.3, -0.25) is 14.5 Å². The quantitative estimate of drug-likeness (QED) is 0.682. The first-order valence-corrected chi connectivity index (χ1v) is 9.40. The lowest BCUT2D eigenvalue weighted by Gasteiger charge is -2.23. The average molecular weight is 377 g/mol. The van der Waals surface area contributed by atoms with Crippen molar-refractivity contribution in [2.24, 2.45) is 0 Å². The van der Waals surface area contributed by atoms with Crippen molar-refractivity contribution >= 4 is 29.3 Å². The maximum Gasteiger partial charge on any atom is 0.238 e. The van der Waals surface area contributed by atoms with Crippen LogP contribution in [0.15, 0.2) is 29.2 Å². The highest BCUT2D eigenvalue weighted by Crippen LogP contribution is 2.31. The van der Waals surface area contributed by atoms with Crippen molar-refractivity contribution in [3.63, 3.8) is 0 Å². The molecule has 0 fully saturated rings. The summed E-state index contributed by atoms with van der Waals surface area (Å²) in [5.74, 6) is -0.300. The summed E-state index contributed by atoms with van der Waals surface area (Å²) < 4.78 is 0. The number of nitrogens with zero attached hydrogens (tertiary/aromatic N) is 2. The molecule has 1 aromatic rings. The second-order valence-corrected chi connectivity index (χ2v) is 8.79. The van der Waals surface area contributed by atoms with Crippen LogP contribution in [0.2, 0.25) is 0 Å². The van der Waals surface area contributed by atoms with Crippen molar-refractivity contribution in [1.82, 2.24) is 10.2 Å². The number of para-hydroxylation sites is 1. The van der Waals surface area contributed by atoms with Gasteiger partial charge in [-0.1, -0.05) is 19.1 Å². The molecular formula is C19H28N4O2S. The highest BCUT2D eigenvalue weighted by atomic mass is 32.2. The summed E-state index contributed by atoms with van der Waals surface area (Å²) in [5.41, 5.74) is 0.427. The number of carbonyl (C=O) groups is 2. The van der Waals surface area contributed by atoms with Crippen molar-refractivity contribution in [1.29, 1.82) is 5.26 Å². The molecule has 0 aromatic heterocycles. The van der Waals surface area contributed by atoms with E-state index >= 15 is 0 Å². The maximum absolute atomic E-state index is 12.3. The van der Waals surface area contributed by atoms with Crippen molar-refractivity contribution in [2.45, 2.75) is 49.8 Å². The summed E-state index contributed by atoms with van der Waals surface area (Å²) in [7, 11) is 1.73. The van der Waals surface area contributed by atoms with E-state index in [0.29, 0.717) is 6.42 Å². The number of benzene rings is 1. The predicted octanol–water partition coefficient (Wildman–Crippen LogP) is 2.87. The predicted molar refractivity (Wildman–Crippen MR) is 106 cm³/mol.